The predicted molar refractivity (Wildman–Crippen MR) is 83.3 cm³/mol. The summed E-state index contributed by atoms with van der Waals surface area (Å²) in [5, 5.41) is 6.74. The number of piperidine rings is 1. The molecule has 1 amide bonds. The van der Waals surface area contributed by atoms with Crippen molar-refractivity contribution in [2.24, 2.45) is 0 Å². The smallest absolute Gasteiger partial charge is 0.252 e. The van der Waals surface area contributed by atoms with Crippen molar-refractivity contribution >= 4 is 33.4 Å². The lowest BCUT2D eigenvalue weighted by molar-refractivity contribution is 0.0343. The third kappa shape index (κ3) is 4.74. The molecule has 1 saturated heterocycles. The van der Waals surface area contributed by atoms with Crippen molar-refractivity contribution in [2.45, 2.75) is 18.9 Å². The number of hydrogen-bond donors (Lipinski definition) is 2. The topological polar surface area (TPSA) is 50.4 Å². The minimum absolute atomic E-state index is 0.123. The van der Waals surface area contributed by atoms with Crippen LogP contribution < -0.4 is 10.6 Å². The molecular formula is C14H18BrClN2O2. The first kappa shape index (κ1) is 15.8. The molecule has 1 aromatic carbocycles. The molecule has 0 aromatic heterocycles. The molecule has 0 bridgehead atoms. The number of carbonyl (C=O) groups excluding carboxylic acids is 1. The van der Waals surface area contributed by atoms with Crippen LogP contribution in [0.2, 0.25) is 5.02 Å². The summed E-state index contributed by atoms with van der Waals surface area (Å²) in [4.78, 5) is 12.0. The zero-order chi connectivity index (χ0) is 14.4. The van der Waals surface area contributed by atoms with Crippen LogP contribution in [0.5, 0.6) is 0 Å². The van der Waals surface area contributed by atoms with Gasteiger partial charge in [0.1, 0.15) is 0 Å². The first-order valence-corrected chi connectivity index (χ1v) is 7.89. The van der Waals surface area contributed by atoms with Crippen molar-refractivity contribution in [1.29, 1.82) is 0 Å². The Balaban J connectivity index is 1.72. The fourth-order valence-electron chi connectivity index (χ4n) is 2.12. The zero-order valence-corrected chi connectivity index (χ0v) is 13.5. The molecule has 1 fully saturated rings. The Hall–Kier alpha value is -0.620. The van der Waals surface area contributed by atoms with Crippen molar-refractivity contribution in [2.75, 3.05) is 26.2 Å². The summed E-state index contributed by atoms with van der Waals surface area (Å²) in [7, 11) is 0. The van der Waals surface area contributed by atoms with Crippen molar-refractivity contribution in [1.82, 2.24) is 10.6 Å². The van der Waals surface area contributed by atoms with E-state index in [0.29, 0.717) is 34.3 Å². The van der Waals surface area contributed by atoms with Gasteiger partial charge >= 0.3 is 0 Å². The molecule has 1 aromatic rings. The lowest BCUT2D eigenvalue weighted by Gasteiger charge is -2.22. The Morgan fingerprint density at radius 3 is 2.90 bits per heavy atom. The van der Waals surface area contributed by atoms with Crippen LogP contribution in [0.3, 0.4) is 0 Å². The van der Waals surface area contributed by atoms with Gasteiger partial charge in [-0.05, 0) is 60.1 Å². The Labute approximate surface area is 132 Å². The number of benzene rings is 1. The SMILES string of the molecule is O=C(NCCOC1CCNCC1)c1ccc(Cl)cc1Br. The van der Waals surface area contributed by atoms with E-state index in [-0.39, 0.29) is 5.91 Å². The van der Waals surface area contributed by atoms with Crippen LogP contribution in [0.4, 0.5) is 0 Å². The van der Waals surface area contributed by atoms with Gasteiger partial charge < -0.3 is 15.4 Å². The molecule has 0 saturated carbocycles. The third-order valence-corrected chi connectivity index (χ3v) is 4.09. The minimum atomic E-state index is -0.123. The van der Waals surface area contributed by atoms with Gasteiger partial charge in [-0.15, -0.1) is 0 Å². The highest BCUT2D eigenvalue weighted by Gasteiger charge is 2.13. The number of amides is 1. The fourth-order valence-corrected chi connectivity index (χ4v) is 2.98. The molecule has 6 heteroatoms. The molecule has 0 radical (unpaired) electrons. The van der Waals surface area contributed by atoms with Crippen molar-refractivity contribution in [3.8, 4) is 0 Å². The van der Waals surface area contributed by atoms with Crippen LogP contribution in [0.25, 0.3) is 0 Å². The summed E-state index contributed by atoms with van der Waals surface area (Å²) >= 11 is 9.18. The third-order valence-electron chi connectivity index (χ3n) is 3.20. The van der Waals surface area contributed by atoms with E-state index in [4.69, 9.17) is 16.3 Å². The highest BCUT2D eigenvalue weighted by molar-refractivity contribution is 9.10. The van der Waals surface area contributed by atoms with Crippen molar-refractivity contribution < 1.29 is 9.53 Å². The van der Waals surface area contributed by atoms with E-state index in [1.165, 1.54) is 0 Å². The highest BCUT2D eigenvalue weighted by atomic mass is 79.9. The minimum Gasteiger partial charge on any atom is -0.376 e. The number of ether oxygens (including phenoxy) is 1. The summed E-state index contributed by atoms with van der Waals surface area (Å²) in [5.74, 6) is -0.123. The number of nitrogens with one attached hydrogen (secondary N) is 2. The largest absolute Gasteiger partial charge is 0.376 e. The maximum atomic E-state index is 12.0. The van der Waals surface area contributed by atoms with Crippen molar-refractivity contribution in [3.63, 3.8) is 0 Å². The molecule has 1 aliphatic heterocycles. The van der Waals surface area contributed by atoms with Crippen LogP contribution in [-0.4, -0.2) is 38.3 Å². The summed E-state index contributed by atoms with van der Waals surface area (Å²) < 4.78 is 6.43. The molecule has 1 heterocycles. The molecule has 0 atom stereocenters. The molecule has 20 heavy (non-hydrogen) atoms. The van der Waals surface area contributed by atoms with Crippen molar-refractivity contribution in [3.05, 3.63) is 33.3 Å². The second kappa shape index (κ2) is 7.98. The van der Waals surface area contributed by atoms with E-state index >= 15 is 0 Å². The molecular weight excluding hydrogens is 344 g/mol. The van der Waals surface area contributed by atoms with E-state index < -0.39 is 0 Å². The average Bonchev–Trinajstić information content (AvgIpc) is 2.44. The van der Waals surface area contributed by atoms with Crippen LogP contribution in [-0.2, 0) is 4.74 Å². The summed E-state index contributed by atoms with van der Waals surface area (Å²) in [6.45, 7) is 3.07. The second-order valence-electron chi connectivity index (χ2n) is 4.70. The standard InChI is InChI=1S/C14H18BrClN2O2/c15-13-9-10(16)1-2-12(13)14(19)18-7-8-20-11-3-5-17-6-4-11/h1-2,9,11,17H,3-8H2,(H,18,19). The Kier molecular flexibility index (Phi) is 6.29. The van der Waals surface area contributed by atoms with Gasteiger partial charge in [-0.3, -0.25) is 4.79 Å². The number of rotatable bonds is 5. The molecule has 4 nitrogen and oxygen atoms in total. The van der Waals surface area contributed by atoms with E-state index in [2.05, 4.69) is 26.6 Å². The molecule has 110 valence electrons. The normalized spacial score (nSPS) is 16.1. The molecule has 2 N–H and O–H groups in total. The van der Waals surface area contributed by atoms with Gasteiger partial charge in [0.25, 0.3) is 5.91 Å². The summed E-state index contributed by atoms with van der Waals surface area (Å²) in [5.41, 5.74) is 0.580. The first-order valence-electron chi connectivity index (χ1n) is 6.72. The van der Waals surface area contributed by atoms with Gasteiger partial charge in [0.05, 0.1) is 18.3 Å². The van der Waals surface area contributed by atoms with Gasteiger partial charge in [-0.2, -0.15) is 0 Å². The average molecular weight is 362 g/mol. The second-order valence-corrected chi connectivity index (χ2v) is 5.99. The number of carbonyl (C=O) groups is 1. The van der Waals surface area contributed by atoms with Gasteiger partial charge in [0.15, 0.2) is 0 Å². The van der Waals surface area contributed by atoms with Crippen LogP contribution in [0, 0.1) is 0 Å². The first-order chi connectivity index (χ1) is 9.66. The zero-order valence-electron chi connectivity index (χ0n) is 11.1. The number of hydrogen-bond acceptors (Lipinski definition) is 3. The quantitative estimate of drug-likeness (QED) is 0.793. The maximum absolute atomic E-state index is 12.0. The van der Waals surface area contributed by atoms with E-state index in [9.17, 15) is 4.79 Å². The lowest BCUT2D eigenvalue weighted by atomic mass is 10.1. The molecule has 2 rings (SSSR count). The Morgan fingerprint density at radius 1 is 1.45 bits per heavy atom. The van der Waals surface area contributed by atoms with Gasteiger partial charge in [-0.25, -0.2) is 0 Å². The van der Waals surface area contributed by atoms with Crippen LogP contribution >= 0.6 is 27.5 Å². The highest BCUT2D eigenvalue weighted by Crippen LogP contribution is 2.21. The lowest BCUT2D eigenvalue weighted by Crippen LogP contribution is -2.34. The van der Waals surface area contributed by atoms with Crippen LogP contribution in [0.15, 0.2) is 22.7 Å². The van der Waals surface area contributed by atoms with E-state index in [1.54, 1.807) is 18.2 Å². The van der Waals surface area contributed by atoms with Gasteiger partial charge in [0, 0.05) is 16.0 Å². The monoisotopic (exact) mass is 360 g/mol. The number of halogens is 2. The molecule has 0 aliphatic carbocycles. The van der Waals surface area contributed by atoms with E-state index in [1.807, 2.05) is 0 Å². The summed E-state index contributed by atoms with van der Waals surface area (Å²) in [6, 6.07) is 5.12. The Morgan fingerprint density at radius 2 is 2.20 bits per heavy atom. The summed E-state index contributed by atoms with van der Waals surface area (Å²) in [6.07, 6.45) is 2.39. The van der Waals surface area contributed by atoms with E-state index in [0.717, 1.165) is 25.9 Å². The van der Waals surface area contributed by atoms with Crippen LogP contribution in [0.1, 0.15) is 23.2 Å². The fraction of sp³-hybridized carbons (Fsp3) is 0.500. The maximum Gasteiger partial charge on any atom is 0.252 e. The predicted octanol–water partition coefficient (Wildman–Crippen LogP) is 2.60. The molecule has 0 spiro atoms. The van der Waals surface area contributed by atoms with Gasteiger partial charge in [-0.1, -0.05) is 11.6 Å². The van der Waals surface area contributed by atoms with Gasteiger partial charge in [0.2, 0.25) is 0 Å². The molecule has 0 unspecified atom stereocenters. The molecule has 1 aliphatic rings. The Bertz CT molecular complexity index is 464.